The molecular weight excluding hydrogens is 287 g/mol. The number of carbonyl (C=O) groups excluding carboxylic acids is 1. The Balaban J connectivity index is 2.32. The van der Waals surface area contributed by atoms with Gasteiger partial charge >= 0.3 is 0 Å². The van der Waals surface area contributed by atoms with E-state index in [1.165, 1.54) is 13.0 Å². The number of Topliss-reactive ketones (excluding diaryl/α,β-unsaturated/α-hetero) is 1. The molecular formula is C13H14BrFO2. The largest absolute Gasteiger partial charge is 0.490 e. The Morgan fingerprint density at radius 3 is 2.65 bits per heavy atom. The highest BCUT2D eigenvalue weighted by molar-refractivity contribution is 9.10. The fraction of sp³-hybridized carbons (Fsp3) is 0.462. The average molecular weight is 301 g/mol. The SMILES string of the molecule is CC(=O)c1c(F)cc(Br)cc1OC1CCCC1. The van der Waals surface area contributed by atoms with Gasteiger partial charge in [0.15, 0.2) is 5.78 Å². The van der Waals surface area contributed by atoms with Crippen LogP contribution in [-0.4, -0.2) is 11.9 Å². The normalized spacial score (nSPS) is 16.2. The quantitative estimate of drug-likeness (QED) is 0.785. The molecule has 1 aliphatic rings. The van der Waals surface area contributed by atoms with Crippen molar-refractivity contribution in [1.29, 1.82) is 0 Å². The lowest BCUT2D eigenvalue weighted by Crippen LogP contribution is -2.14. The first-order valence-corrected chi connectivity index (χ1v) is 6.54. The zero-order valence-electron chi connectivity index (χ0n) is 9.63. The third kappa shape index (κ3) is 2.86. The average Bonchev–Trinajstić information content (AvgIpc) is 2.68. The van der Waals surface area contributed by atoms with Crippen molar-refractivity contribution in [2.24, 2.45) is 0 Å². The predicted octanol–water partition coefficient (Wildman–Crippen LogP) is 4.11. The van der Waals surface area contributed by atoms with Gasteiger partial charge in [0.25, 0.3) is 0 Å². The maximum Gasteiger partial charge on any atom is 0.166 e. The van der Waals surface area contributed by atoms with Gasteiger partial charge in [-0.05, 0) is 44.7 Å². The van der Waals surface area contributed by atoms with E-state index in [4.69, 9.17) is 4.74 Å². The molecule has 0 heterocycles. The molecule has 1 aliphatic carbocycles. The molecule has 0 atom stereocenters. The highest BCUT2D eigenvalue weighted by atomic mass is 79.9. The number of hydrogen-bond acceptors (Lipinski definition) is 2. The number of rotatable bonds is 3. The van der Waals surface area contributed by atoms with Crippen molar-refractivity contribution in [1.82, 2.24) is 0 Å². The molecule has 0 aromatic heterocycles. The molecule has 92 valence electrons. The summed E-state index contributed by atoms with van der Waals surface area (Å²) < 4.78 is 20.0. The second-order valence-corrected chi connectivity index (χ2v) is 5.26. The van der Waals surface area contributed by atoms with Gasteiger partial charge in [-0.2, -0.15) is 0 Å². The Morgan fingerprint density at radius 2 is 2.06 bits per heavy atom. The summed E-state index contributed by atoms with van der Waals surface area (Å²) in [7, 11) is 0. The first-order valence-electron chi connectivity index (χ1n) is 5.74. The number of benzene rings is 1. The minimum absolute atomic E-state index is 0.0556. The van der Waals surface area contributed by atoms with Gasteiger partial charge in [-0.3, -0.25) is 4.79 Å². The lowest BCUT2D eigenvalue weighted by Gasteiger charge is -2.16. The van der Waals surface area contributed by atoms with E-state index in [-0.39, 0.29) is 17.5 Å². The summed E-state index contributed by atoms with van der Waals surface area (Å²) in [5.74, 6) is -0.473. The zero-order valence-corrected chi connectivity index (χ0v) is 11.2. The maximum atomic E-state index is 13.7. The summed E-state index contributed by atoms with van der Waals surface area (Å²) in [5, 5.41) is 0. The monoisotopic (exact) mass is 300 g/mol. The van der Waals surface area contributed by atoms with E-state index in [0.717, 1.165) is 25.7 Å². The van der Waals surface area contributed by atoms with Crippen LogP contribution in [-0.2, 0) is 0 Å². The van der Waals surface area contributed by atoms with Crippen molar-refractivity contribution >= 4 is 21.7 Å². The van der Waals surface area contributed by atoms with Gasteiger partial charge in [0.05, 0.1) is 11.7 Å². The van der Waals surface area contributed by atoms with E-state index in [1.807, 2.05) is 0 Å². The van der Waals surface area contributed by atoms with Crippen molar-refractivity contribution in [3.05, 3.63) is 28.0 Å². The van der Waals surface area contributed by atoms with Gasteiger partial charge in [-0.15, -0.1) is 0 Å². The van der Waals surface area contributed by atoms with Gasteiger partial charge in [0.1, 0.15) is 11.6 Å². The molecule has 0 saturated heterocycles. The predicted molar refractivity (Wildman–Crippen MR) is 67.0 cm³/mol. The van der Waals surface area contributed by atoms with Crippen LogP contribution in [0.25, 0.3) is 0 Å². The second-order valence-electron chi connectivity index (χ2n) is 4.34. The molecule has 0 spiro atoms. The minimum atomic E-state index is -0.528. The first kappa shape index (κ1) is 12.6. The molecule has 0 aliphatic heterocycles. The van der Waals surface area contributed by atoms with E-state index in [2.05, 4.69) is 15.9 Å². The zero-order chi connectivity index (χ0) is 12.4. The Labute approximate surface area is 108 Å². The van der Waals surface area contributed by atoms with Crippen LogP contribution in [0.2, 0.25) is 0 Å². The second kappa shape index (κ2) is 5.17. The molecule has 2 rings (SSSR count). The van der Waals surface area contributed by atoms with Gasteiger partial charge in [0.2, 0.25) is 0 Å². The number of ketones is 1. The van der Waals surface area contributed by atoms with E-state index in [0.29, 0.717) is 10.2 Å². The van der Waals surface area contributed by atoms with Crippen LogP contribution in [0.4, 0.5) is 4.39 Å². The molecule has 0 unspecified atom stereocenters. The maximum absolute atomic E-state index is 13.7. The summed E-state index contributed by atoms with van der Waals surface area (Å²) in [4.78, 5) is 11.4. The Morgan fingerprint density at radius 1 is 1.41 bits per heavy atom. The molecule has 1 aromatic rings. The van der Waals surface area contributed by atoms with Gasteiger partial charge in [-0.25, -0.2) is 4.39 Å². The van der Waals surface area contributed by atoms with Crippen molar-refractivity contribution in [3.8, 4) is 5.75 Å². The lowest BCUT2D eigenvalue weighted by molar-refractivity contribution is 0.100. The third-order valence-corrected chi connectivity index (χ3v) is 3.42. The first-order chi connectivity index (χ1) is 8.08. The third-order valence-electron chi connectivity index (χ3n) is 2.97. The van der Waals surface area contributed by atoms with E-state index >= 15 is 0 Å². The van der Waals surface area contributed by atoms with Crippen LogP contribution < -0.4 is 4.74 Å². The molecule has 1 saturated carbocycles. The molecule has 1 fully saturated rings. The molecule has 4 heteroatoms. The van der Waals surface area contributed by atoms with Crippen LogP contribution in [0.5, 0.6) is 5.75 Å². The molecule has 0 amide bonds. The summed E-state index contributed by atoms with van der Waals surface area (Å²) in [6.07, 6.45) is 4.34. The van der Waals surface area contributed by atoms with Crippen molar-refractivity contribution in [3.63, 3.8) is 0 Å². The van der Waals surface area contributed by atoms with Crippen molar-refractivity contribution in [2.75, 3.05) is 0 Å². The van der Waals surface area contributed by atoms with Crippen molar-refractivity contribution < 1.29 is 13.9 Å². The molecule has 0 N–H and O–H groups in total. The highest BCUT2D eigenvalue weighted by Crippen LogP contribution is 2.31. The summed E-state index contributed by atoms with van der Waals surface area (Å²) in [6.45, 7) is 1.35. The smallest absolute Gasteiger partial charge is 0.166 e. The Bertz CT molecular complexity index is 439. The topological polar surface area (TPSA) is 26.3 Å². The van der Waals surface area contributed by atoms with Gasteiger partial charge < -0.3 is 4.74 Å². The molecule has 0 bridgehead atoms. The van der Waals surface area contributed by atoms with Crippen LogP contribution in [0.3, 0.4) is 0 Å². The fourth-order valence-corrected chi connectivity index (χ4v) is 2.58. The molecule has 1 aromatic carbocycles. The Hall–Kier alpha value is -0.900. The fourth-order valence-electron chi connectivity index (χ4n) is 2.17. The van der Waals surface area contributed by atoms with E-state index < -0.39 is 5.82 Å². The minimum Gasteiger partial charge on any atom is -0.490 e. The number of halogens is 2. The summed E-state index contributed by atoms with van der Waals surface area (Å²) in [5.41, 5.74) is 0.0556. The van der Waals surface area contributed by atoms with Crippen LogP contribution in [0, 0.1) is 5.82 Å². The van der Waals surface area contributed by atoms with Gasteiger partial charge in [0, 0.05) is 4.47 Å². The van der Waals surface area contributed by atoms with Crippen molar-refractivity contribution in [2.45, 2.75) is 38.7 Å². The summed E-state index contributed by atoms with van der Waals surface area (Å²) >= 11 is 3.21. The lowest BCUT2D eigenvalue weighted by atomic mass is 10.1. The summed E-state index contributed by atoms with van der Waals surface area (Å²) in [6, 6.07) is 2.95. The van der Waals surface area contributed by atoms with Crippen LogP contribution >= 0.6 is 15.9 Å². The van der Waals surface area contributed by atoms with Crippen LogP contribution in [0.15, 0.2) is 16.6 Å². The molecule has 2 nitrogen and oxygen atoms in total. The van der Waals surface area contributed by atoms with E-state index in [9.17, 15) is 9.18 Å². The Kier molecular flexibility index (Phi) is 3.82. The standard InChI is InChI=1S/C13H14BrFO2/c1-8(16)13-11(15)6-9(14)7-12(13)17-10-4-2-3-5-10/h6-7,10H,2-5H2,1H3. The molecule has 17 heavy (non-hydrogen) atoms. The number of hydrogen-bond donors (Lipinski definition) is 0. The van der Waals surface area contributed by atoms with Gasteiger partial charge in [-0.1, -0.05) is 15.9 Å². The molecule has 0 radical (unpaired) electrons. The van der Waals surface area contributed by atoms with Crippen LogP contribution in [0.1, 0.15) is 43.0 Å². The van der Waals surface area contributed by atoms with E-state index in [1.54, 1.807) is 6.07 Å². The number of ether oxygens (including phenoxy) is 1. The number of carbonyl (C=O) groups is 1. The highest BCUT2D eigenvalue weighted by Gasteiger charge is 2.21.